The number of thioether (sulfide) groups is 1. The van der Waals surface area contributed by atoms with Crippen molar-refractivity contribution >= 4 is 28.7 Å². The minimum Gasteiger partial charge on any atom is -0.493 e. The number of nitrogen functional groups attached to an aromatic ring is 1. The molecule has 1 saturated heterocycles. The summed E-state index contributed by atoms with van der Waals surface area (Å²) in [7, 11) is 3.27. The molecule has 0 saturated carbocycles. The van der Waals surface area contributed by atoms with E-state index in [-0.39, 0.29) is 0 Å². The molecular weight excluding hydrogens is 274 g/mol. The molecule has 2 heterocycles. The van der Waals surface area contributed by atoms with Gasteiger partial charge < -0.3 is 19.8 Å². The Morgan fingerprint density at radius 1 is 1.30 bits per heavy atom. The van der Waals surface area contributed by atoms with Gasteiger partial charge in [-0.15, -0.1) is 0 Å². The van der Waals surface area contributed by atoms with E-state index >= 15 is 0 Å². The van der Waals surface area contributed by atoms with Gasteiger partial charge in [0.15, 0.2) is 11.5 Å². The van der Waals surface area contributed by atoms with Gasteiger partial charge in [-0.2, -0.15) is 11.8 Å². The van der Waals surface area contributed by atoms with Crippen LogP contribution in [0.1, 0.15) is 18.9 Å². The van der Waals surface area contributed by atoms with Gasteiger partial charge in [-0.3, -0.25) is 0 Å². The van der Waals surface area contributed by atoms with Crippen molar-refractivity contribution in [2.75, 3.05) is 31.5 Å². The smallest absolute Gasteiger partial charge is 0.201 e. The lowest BCUT2D eigenvalue weighted by atomic mass is 10.1. The molecular formula is C14H19N3O2S. The van der Waals surface area contributed by atoms with Crippen LogP contribution in [0, 0.1) is 0 Å². The van der Waals surface area contributed by atoms with Crippen molar-refractivity contribution in [3.05, 3.63) is 12.1 Å². The topological polar surface area (TPSA) is 62.3 Å². The summed E-state index contributed by atoms with van der Waals surface area (Å²) in [5.74, 6) is 4.29. The SMILES string of the molecule is COc1cc2nc(N)n(C3CCCSC3)c2cc1OC. The van der Waals surface area contributed by atoms with E-state index in [4.69, 9.17) is 15.2 Å². The zero-order valence-corrected chi connectivity index (χ0v) is 12.6. The Bertz CT molecular complexity index is 620. The Hall–Kier alpha value is -1.56. The van der Waals surface area contributed by atoms with Gasteiger partial charge in [0.25, 0.3) is 0 Å². The molecule has 1 aromatic carbocycles. The number of imidazole rings is 1. The molecule has 0 radical (unpaired) electrons. The zero-order chi connectivity index (χ0) is 14.1. The largest absolute Gasteiger partial charge is 0.493 e. The van der Waals surface area contributed by atoms with Gasteiger partial charge in [0.2, 0.25) is 5.95 Å². The molecule has 0 bridgehead atoms. The van der Waals surface area contributed by atoms with Crippen LogP contribution in [0.5, 0.6) is 11.5 Å². The van der Waals surface area contributed by atoms with Gasteiger partial charge in [0.1, 0.15) is 0 Å². The molecule has 2 N–H and O–H groups in total. The monoisotopic (exact) mass is 293 g/mol. The number of hydrogen-bond acceptors (Lipinski definition) is 5. The van der Waals surface area contributed by atoms with Gasteiger partial charge >= 0.3 is 0 Å². The Morgan fingerprint density at radius 3 is 2.70 bits per heavy atom. The van der Waals surface area contributed by atoms with Gasteiger partial charge in [0, 0.05) is 23.9 Å². The summed E-state index contributed by atoms with van der Waals surface area (Å²) in [4.78, 5) is 4.47. The highest BCUT2D eigenvalue weighted by atomic mass is 32.2. The normalized spacial score (nSPS) is 19.2. The summed E-state index contributed by atoms with van der Waals surface area (Å²) < 4.78 is 12.8. The van der Waals surface area contributed by atoms with Crippen LogP contribution >= 0.6 is 11.8 Å². The van der Waals surface area contributed by atoms with E-state index in [2.05, 4.69) is 9.55 Å². The standard InChI is InChI=1S/C14H19N3O2S/c1-18-12-6-10-11(7-13(12)19-2)17(14(15)16-10)9-4-3-5-20-8-9/h6-7,9H,3-5,8H2,1-2H3,(H2,15,16). The van der Waals surface area contributed by atoms with Gasteiger partial charge in [-0.1, -0.05) is 0 Å². The maximum atomic E-state index is 6.13. The number of benzene rings is 1. The second-order valence-electron chi connectivity index (χ2n) is 4.91. The molecule has 20 heavy (non-hydrogen) atoms. The van der Waals surface area contributed by atoms with E-state index in [1.54, 1.807) is 14.2 Å². The Kier molecular flexibility index (Phi) is 3.65. The average Bonchev–Trinajstić information content (AvgIpc) is 2.81. The van der Waals surface area contributed by atoms with Crippen LogP contribution in [0.25, 0.3) is 11.0 Å². The summed E-state index contributed by atoms with van der Waals surface area (Å²) in [6.07, 6.45) is 2.37. The fourth-order valence-corrected chi connectivity index (χ4v) is 3.88. The fraction of sp³-hybridized carbons (Fsp3) is 0.500. The van der Waals surface area contributed by atoms with Gasteiger partial charge in [-0.05, 0) is 18.6 Å². The third-order valence-electron chi connectivity index (χ3n) is 3.72. The minimum atomic E-state index is 0.414. The van der Waals surface area contributed by atoms with Crippen LogP contribution in [0.2, 0.25) is 0 Å². The highest BCUT2D eigenvalue weighted by Gasteiger charge is 2.22. The lowest BCUT2D eigenvalue weighted by Crippen LogP contribution is -2.17. The number of nitrogens with zero attached hydrogens (tertiary/aromatic N) is 2. The molecule has 0 amide bonds. The Morgan fingerprint density at radius 2 is 2.05 bits per heavy atom. The Labute approximate surface area is 122 Å². The number of methoxy groups -OCH3 is 2. The maximum absolute atomic E-state index is 6.13. The first-order valence-corrected chi connectivity index (χ1v) is 7.87. The maximum Gasteiger partial charge on any atom is 0.201 e. The molecule has 0 spiro atoms. The average molecular weight is 293 g/mol. The van der Waals surface area contributed by atoms with Crippen molar-refractivity contribution in [1.29, 1.82) is 0 Å². The van der Waals surface area contributed by atoms with Crippen molar-refractivity contribution in [3.63, 3.8) is 0 Å². The highest BCUT2D eigenvalue weighted by molar-refractivity contribution is 7.99. The quantitative estimate of drug-likeness (QED) is 0.942. The van der Waals surface area contributed by atoms with E-state index in [0.717, 1.165) is 23.2 Å². The molecule has 1 aromatic heterocycles. The summed E-state index contributed by atoms with van der Waals surface area (Å²) in [5.41, 5.74) is 8.01. The second-order valence-corrected chi connectivity index (χ2v) is 6.06. The first-order valence-electron chi connectivity index (χ1n) is 6.71. The minimum absolute atomic E-state index is 0.414. The first-order chi connectivity index (χ1) is 9.74. The predicted molar refractivity (Wildman–Crippen MR) is 82.8 cm³/mol. The van der Waals surface area contributed by atoms with E-state index in [9.17, 15) is 0 Å². The molecule has 0 aliphatic carbocycles. The number of fused-ring (bicyclic) bond motifs is 1. The number of ether oxygens (including phenoxy) is 2. The molecule has 1 unspecified atom stereocenters. The summed E-state index contributed by atoms with van der Waals surface area (Å²) in [6.45, 7) is 0. The van der Waals surface area contributed by atoms with Crippen LogP contribution in [-0.2, 0) is 0 Å². The molecule has 6 heteroatoms. The lowest BCUT2D eigenvalue weighted by molar-refractivity contribution is 0.355. The first kappa shape index (κ1) is 13.4. The molecule has 1 aliphatic rings. The second kappa shape index (κ2) is 5.44. The van der Waals surface area contributed by atoms with E-state index in [1.807, 2.05) is 23.9 Å². The molecule has 3 rings (SSSR count). The summed E-state index contributed by atoms with van der Waals surface area (Å²) in [6, 6.07) is 4.27. The van der Waals surface area contributed by atoms with E-state index < -0.39 is 0 Å². The number of nitrogens with two attached hydrogens (primary N) is 1. The molecule has 1 atom stereocenters. The molecule has 5 nitrogen and oxygen atoms in total. The molecule has 2 aromatic rings. The Balaban J connectivity index is 2.13. The summed E-state index contributed by atoms with van der Waals surface area (Å²) >= 11 is 1.98. The van der Waals surface area contributed by atoms with Crippen molar-refractivity contribution in [1.82, 2.24) is 9.55 Å². The van der Waals surface area contributed by atoms with Crippen molar-refractivity contribution in [2.24, 2.45) is 0 Å². The van der Waals surface area contributed by atoms with Crippen LogP contribution in [-0.4, -0.2) is 35.3 Å². The van der Waals surface area contributed by atoms with Gasteiger partial charge in [-0.25, -0.2) is 4.98 Å². The van der Waals surface area contributed by atoms with Crippen molar-refractivity contribution < 1.29 is 9.47 Å². The number of rotatable bonds is 3. The van der Waals surface area contributed by atoms with E-state index in [1.165, 1.54) is 12.2 Å². The zero-order valence-electron chi connectivity index (χ0n) is 11.8. The highest BCUT2D eigenvalue weighted by Crippen LogP contribution is 2.37. The van der Waals surface area contributed by atoms with Crippen LogP contribution in [0.15, 0.2) is 12.1 Å². The van der Waals surface area contributed by atoms with E-state index in [0.29, 0.717) is 23.5 Å². The molecule has 108 valence electrons. The number of aromatic nitrogens is 2. The lowest BCUT2D eigenvalue weighted by Gasteiger charge is -2.24. The van der Waals surface area contributed by atoms with Crippen LogP contribution < -0.4 is 15.2 Å². The molecule has 1 aliphatic heterocycles. The third kappa shape index (κ3) is 2.18. The predicted octanol–water partition coefficient (Wildman–Crippen LogP) is 2.70. The van der Waals surface area contributed by atoms with Crippen molar-refractivity contribution in [3.8, 4) is 11.5 Å². The fourth-order valence-electron chi connectivity index (χ4n) is 2.75. The third-order valence-corrected chi connectivity index (χ3v) is 4.92. The molecule has 1 fully saturated rings. The number of anilines is 1. The van der Waals surface area contributed by atoms with Gasteiger partial charge in [0.05, 0.1) is 25.3 Å². The van der Waals surface area contributed by atoms with Crippen LogP contribution in [0.4, 0.5) is 5.95 Å². The van der Waals surface area contributed by atoms with Crippen molar-refractivity contribution in [2.45, 2.75) is 18.9 Å². The number of hydrogen-bond donors (Lipinski definition) is 1. The van der Waals surface area contributed by atoms with Crippen LogP contribution in [0.3, 0.4) is 0 Å². The summed E-state index contributed by atoms with van der Waals surface area (Å²) in [5, 5.41) is 0.